The van der Waals surface area contributed by atoms with Crippen LogP contribution in [-0.4, -0.2) is 3630 Å². The molecule has 0 aliphatic heterocycles. The van der Waals surface area contributed by atoms with Crippen LogP contribution < -0.4 is 0 Å². The molecule has 0 aromatic carbocycles. The van der Waals surface area contributed by atoms with Crippen LogP contribution in [0.15, 0.2) is 0 Å². The second-order valence-corrected chi connectivity index (χ2v) is 0.951. The summed E-state index contributed by atoms with van der Waals surface area (Å²) in [5, 5.41) is 54.6. The molecule has 0 heterocycles. The number of rotatable bonds is 0. The van der Waals surface area contributed by atoms with E-state index in [2.05, 4.69) is 0 Å². The van der Waals surface area contributed by atoms with Crippen molar-refractivity contribution in [3.8, 4) is 0 Å². The number of hydrogen-bond donors (Lipinski definition) is 4. The van der Waals surface area contributed by atoms with Gasteiger partial charge < -0.3 is 20.8 Å². The van der Waals surface area contributed by atoms with Crippen LogP contribution >= 0.6 is 0 Å². The predicted molar refractivity (Wildman–Crippen MR) is 582 cm³/mol. The summed E-state index contributed by atoms with van der Waals surface area (Å²) in [5.74, 6) is 0. The first-order chi connectivity index (χ1) is 6.93. The SMILES string of the molecule is O=[N+]([O-])O.O=[N+]([O-])O.O=[N+]([O-])O.O=[N+]([O-])O.[Ca+2].[Ca+2].[Ca+2].[Ca+2].[Ca+2].[Ca+2].[Ca+2].[Ca+2].[Ca+2].[Ca+2].[Ca+2].[Ca+2].[Ca+2].[Ca+2].[Ca+2].[Ca+2].[Ca+2].[Ca+2].[Ca+2].[Ca+2].[Ca+2].[Ca+2].[Ca+2].[Ca+2].[Ca+2].[Ca+2].[Ca+2].[Ca+2].[Ca+2].[Ca+2].[Ca+2].[Ca+2].[Ca+2].[Ca+2].[Ca+2].[Ca+2].[Ca+2].[Ca+2].[Ca+2].[Ca+2].[Ca+2].[Ca+2].[Ca+2].[Ca+2].[Ca+2].[Ca+2].[Ca+2].[Ca+2].[Ca+2].[Ca+2].[Ca+2].[Ca+2].[Ca+2].[Ca+2].[Ca+2].[Ca+2].[Ca+2].[Ca+2].[Ca+2].[Ca+2].[Ca+2].[Ca+2].[Ca+2].[Ca+2].[Ca+2].[Ca+2].[Ca+2].[Ca+2].[Ca+2].[Ca+2].[Ca+2].[Ca+2].[Ca+2].[Ca+2].[Ca+2].[Ca+2].[Ca+2].[Ca+2].[Ca+2].[Ca+2].[Ca+2].[Ca+2].[Ca+2].[Ca+2].[Ca+2].[Ca+2].[Ca+2].[Ca+2].[Ca+2].[Ca+2].[Ca+2].[Ca+2].[Ca+2].[Ca+2].[Ca+2]. The second kappa shape index (κ2) is 698. The molecule has 0 fully saturated rings. The smallest absolute Gasteiger partial charge is 0.328 e. The normalized spacial score (nSPS) is 0.865. The van der Waals surface area contributed by atoms with Crippen molar-refractivity contribution in [1.82, 2.24) is 0 Å². The molecule has 111 heteroatoms. The molecule has 96 valence electrons. The second-order valence-electron chi connectivity index (χ2n) is 0.951. The van der Waals surface area contributed by atoms with E-state index >= 15 is 0 Å². The first-order valence-electron chi connectivity index (χ1n) is 2.26. The van der Waals surface area contributed by atoms with Gasteiger partial charge in [0.1, 0.15) is 0 Å². The average Bonchev–Trinajstić information content (AvgIpc) is 1.76. The minimum absolute atomic E-state index is 0. The van der Waals surface area contributed by atoms with Gasteiger partial charge in [-0.15, -0.1) is 40.5 Å². The van der Waals surface area contributed by atoms with Crippen molar-refractivity contribution in [3.63, 3.8) is 0 Å². The van der Waals surface area contributed by atoms with E-state index < -0.39 is 20.3 Å². The predicted octanol–water partition coefficient (Wildman–Crippen LogP) is -37.6. The maximum absolute atomic E-state index is 8.36. The van der Waals surface area contributed by atoms with Crippen molar-refractivity contribution in [2.24, 2.45) is 0 Å². The molecule has 0 aliphatic carbocycles. The van der Waals surface area contributed by atoms with Gasteiger partial charge in [0, 0.05) is 0 Å². The Morgan fingerprint density at radius 2 is 0.0811 bits per heavy atom. The Balaban J connectivity index is -0.000000000139. The van der Waals surface area contributed by atoms with Crippen LogP contribution in [0.1, 0.15) is 0 Å². The summed E-state index contributed by atoms with van der Waals surface area (Å²) in [6.07, 6.45) is 0. The van der Waals surface area contributed by atoms with Gasteiger partial charge in [-0.1, -0.05) is 0 Å². The Bertz CT molecular complexity index is 219. The molecular formula is H4Ca95N4O12+190. The van der Waals surface area contributed by atoms with Crippen LogP contribution in [0.2, 0.25) is 0 Å². The van der Waals surface area contributed by atoms with Crippen molar-refractivity contribution in [2.75, 3.05) is 0 Å². The summed E-state index contributed by atoms with van der Waals surface area (Å²) >= 11 is 0. The van der Waals surface area contributed by atoms with E-state index in [4.69, 9.17) is 61.3 Å². The van der Waals surface area contributed by atoms with Gasteiger partial charge in [-0.2, -0.15) is 0 Å². The summed E-state index contributed by atoms with van der Waals surface area (Å²) in [6.45, 7) is 0. The van der Waals surface area contributed by atoms with E-state index in [1.54, 1.807) is 0 Å². The van der Waals surface area contributed by atoms with Crippen LogP contribution in [0.4, 0.5) is 0 Å². The minimum atomic E-state index is -1.50. The zero-order chi connectivity index (χ0) is 14.3. The quantitative estimate of drug-likeness (QED) is 0.100. The molecule has 0 unspecified atom stereocenters. The molecule has 4 N–H and O–H groups in total. The van der Waals surface area contributed by atoms with Crippen molar-refractivity contribution in [1.29, 1.82) is 0 Å². The van der Waals surface area contributed by atoms with Crippen LogP contribution in [0.25, 0.3) is 0 Å². The molecule has 0 aromatic rings. The van der Waals surface area contributed by atoms with E-state index in [-0.39, 0.29) is 3590 Å². The molecule has 0 aliphatic rings. The van der Waals surface area contributed by atoms with E-state index in [0.29, 0.717) is 0 Å². The maximum Gasteiger partial charge on any atom is 2.00 e. The summed E-state index contributed by atoms with van der Waals surface area (Å²) < 4.78 is 0. The molecule has 111 heavy (non-hydrogen) atoms. The van der Waals surface area contributed by atoms with Gasteiger partial charge in [0.25, 0.3) is 20.3 Å². The fourth-order valence-corrected chi connectivity index (χ4v) is 0. The minimum Gasteiger partial charge on any atom is -0.328 e. The largest absolute Gasteiger partial charge is 2.00 e. The summed E-state index contributed by atoms with van der Waals surface area (Å²) in [6, 6.07) is 0. The Morgan fingerprint density at radius 1 is 0.0811 bits per heavy atom. The molecule has 0 bridgehead atoms. The fourth-order valence-electron chi connectivity index (χ4n) is 0. The van der Waals surface area contributed by atoms with Gasteiger partial charge in [-0.05, 0) is 0 Å². The standard InChI is InChI=1S/95Ca.4HNO3/c;;;;;;;;;;;;;;;;;;;;;;;;;;;;;;;;;;;;;;;;;;;;;;;;;;;;;;;;;;;;;;;;;;;;;;;;;;;;;;;;;;;;;;;;;;;;;;;4*2-1(3)4/h;;;;;;;;;;;;;;;;;;;;;;;;;;;;;;;;;;;;;;;;;;;;;;;;;;;;;;;;;;;;;;;;;;;;;;;;;;;;;;;;;;;;;;;;;;;;;;;4*(H,2,3,4)/q95*+2;;;;. The van der Waals surface area contributed by atoms with Crippen molar-refractivity contribution < 1.29 is 41.2 Å². The molecular weight excluding hydrogens is 4060 g/mol. The van der Waals surface area contributed by atoms with Gasteiger partial charge in [-0.25, -0.2) is 0 Å². The molecule has 0 aromatic heterocycles. The summed E-state index contributed by atoms with van der Waals surface area (Å²) in [7, 11) is 0. The zero-order valence-corrected chi connectivity index (χ0v) is 284. The van der Waals surface area contributed by atoms with E-state index in [1.165, 1.54) is 0 Å². The maximum atomic E-state index is 8.36. The number of nitrogens with zero attached hydrogens (tertiary/aromatic N) is 4. The molecule has 0 saturated carbocycles. The van der Waals surface area contributed by atoms with Crippen molar-refractivity contribution in [2.45, 2.75) is 0 Å². The van der Waals surface area contributed by atoms with E-state index in [9.17, 15) is 0 Å². The van der Waals surface area contributed by atoms with Gasteiger partial charge >= 0.3 is 3590 Å². The first-order valence-corrected chi connectivity index (χ1v) is 2.26. The Labute approximate surface area is 3510 Å². The molecule has 0 amide bonds. The summed E-state index contributed by atoms with van der Waals surface area (Å²) in [4.78, 5) is 33.4. The molecule has 16 nitrogen and oxygen atoms in total. The number of hydrogen-bond acceptors (Lipinski definition) is 8. The third-order valence-corrected chi connectivity index (χ3v) is 0. The molecule has 0 atom stereocenters. The Kier molecular flexibility index (Phi) is 4440. The van der Waals surface area contributed by atoms with Crippen LogP contribution in [0.3, 0.4) is 0 Å². The third kappa shape index (κ3) is 841. The third-order valence-electron chi connectivity index (χ3n) is 0. The van der Waals surface area contributed by atoms with Gasteiger partial charge in [0.15, 0.2) is 0 Å². The van der Waals surface area contributed by atoms with E-state index in [1.807, 2.05) is 0 Å². The zero-order valence-electron chi connectivity index (χ0n) is 74.0. The van der Waals surface area contributed by atoms with E-state index in [0.717, 1.165) is 0 Å². The molecule has 0 rings (SSSR count). The van der Waals surface area contributed by atoms with Gasteiger partial charge in [0.05, 0.1) is 0 Å². The van der Waals surface area contributed by atoms with Crippen LogP contribution in [0.5, 0.6) is 0 Å². The Morgan fingerprint density at radius 3 is 0.0811 bits per heavy atom. The average molecular weight is 4060 g/mol. The van der Waals surface area contributed by atoms with Gasteiger partial charge in [0.2, 0.25) is 0 Å². The molecule has 0 radical (unpaired) electrons. The monoisotopic (exact) mass is 4050 g/mol. The van der Waals surface area contributed by atoms with Crippen molar-refractivity contribution in [3.05, 3.63) is 40.5 Å². The van der Waals surface area contributed by atoms with Crippen LogP contribution in [-0.2, 0) is 0 Å². The fraction of sp³-hybridized carbons (Fsp3) is 0. The summed E-state index contributed by atoms with van der Waals surface area (Å²) in [5.41, 5.74) is 0. The van der Waals surface area contributed by atoms with Crippen LogP contribution in [0, 0.1) is 40.5 Å². The van der Waals surface area contributed by atoms with Gasteiger partial charge in [-0.3, -0.25) is 0 Å². The molecule has 0 spiro atoms. The van der Waals surface area contributed by atoms with Crippen molar-refractivity contribution >= 4 is 3590 Å². The first kappa shape index (κ1) is 707. The Hall–Kier alpha value is 116. The topological polar surface area (TPSA) is 253 Å². The molecule has 0 saturated heterocycles.